The summed E-state index contributed by atoms with van der Waals surface area (Å²) < 4.78 is 11.4. The minimum Gasteiger partial charge on any atom is -0.497 e. The summed E-state index contributed by atoms with van der Waals surface area (Å²) in [6.07, 6.45) is -1.13. The van der Waals surface area contributed by atoms with Gasteiger partial charge in [0.25, 0.3) is 5.91 Å². The van der Waals surface area contributed by atoms with E-state index in [1.54, 1.807) is 61.7 Å². The third-order valence-corrected chi connectivity index (χ3v) is 5.05. The van der Waals surface area contributed by atoms with E-state index < -0.39 is 29.5 Å². The van der Waals surface area contributed by atoms with E-state index >= 15 is 0 Å². The molecule has 2 atom stereocenters. The van der Waals surface area contributed by atoms with Crippen LogP contribution in [-0.4, -0.2) is 36.0 Å². The molecule has 10 nitrogen and oxygen atoms in total. The Bertz CT molecular complexity index is 1230. The Balaban J connectivity index is 1.55. The fourth-order valence-corrected chi connectivity index (χ4v) is 3.61. The van der Waals surface area contributed by atoms with Crippen molar-refractivity contribution in [2.24, 2.45) is 11.1 Å². The smallest absolute Gasteiger partial charge is 0.437 e. The number of carbonyl (C=O) groups excluding carboxylic acids is 2. The fraction of sp³-hybridized carbons (Fsp3) is 0.150. The molecule has 150 valence electrons. The maximum atomic E-state index is 13.1. The Morgan fingerprint density at radius 1 is 1.03 bits per heavy atom. The molecule has 30 heavy (non-hydrogen) atoms. The molecule has 2 aliphatic rings. The first kappa shape index (κ1) is 17.9. The van der Waals surface area contributed by atoms with Gasteiger partial charge in [-0.25, -0.2) is 9.69 Å². The van der Waals surface area contributed by atoms with Crippen LogP contribution in [0.5, 0.6) is 5.75 Å². The van der Waals surface area contributed by atoms with Crippen LogP contribution in [0.3, 0.4) is 0 Å². The van der Waals surface area contributed by atoms with E-state index in [1.807, 2.05) is 0 Å². The average molecular weight is 407 g/mol. The summed E-state index contributed by atoms with van der Waals surface area (Å²) in [5, 5.41) is 6.39. The normalized spacial score (nSPS) is 20.2. The number of hydrogen-bond donors (Lipinski definition) is 1. The number of nitrogens with zero attached hydrogens (tertiary/aromatic N) is 3. The number of imide groups is 1. The maximum Gasteiger partial charge on any atom is 0.437 e. The van der Waals surface area contributed by atoms with E-state index in [9.17, 15) is 14.4 Å². The number of aromatic amines is 1. The predicted molar refractivity (Wildman–Crippen MR) is 101 cm³/mol. The van der Waals surface area contributed by atoms with Crippen molar-refractivity contribution >= 4 is 23.2 Å². The summed E-state index contributed by atoms with van der Waals surface area (Å²) in [6, 6.07) is 15.3. The molecule has 1 N–H and O–H groups in total. The number of benzene rings is 2. The van der Waals surface area contributed by atoms with Crippen LogP contribution >= 0.6 is 0 Å². The Kier molecular flexibility index (Phi) is 3.98. The number of rotatable bonds is 4. The van der Waals surface area contributed by atoms with Gasteiger partial charge in [0.1, 0.15) is 11.7 Å². The molecule has 10 heteroatoms. The van der Waals surface area contributed by atoms with Gasteiger partial charge in [0.15, 0.2) is 5.71 Å². The van der Waals surface area contributed by atoms with Crippen LogP contribution in [0.2, 0.25) is 0 Å². The third kappa shape index (κ3) is 2.54. The van der Waals surface area contributed by atoms with Gasteiger partial charge in [0.2, 0.25) is 17.7 Å². The molecule has 5 rings (SSSR count). The highest BCUT2D eigenvalue weighted by molar-refractivity contribution is 6.32. The molecule has 3 heterocycles. The summed E-state index contributed by atoms with van der Waals surface area (Å²) >= 11 is 0. The molecular weight excluding hydrogens is 392 g/mol. The molecule has 1 aromatic heterocycles. The van der Waals surface area contributed by atoms with Crippen molar-refractivity contribution in [3.63, 3.8) is 0 Å². The number of carbonyl (C=O) groups is 2. The van der Waals surface area contributed by atoms with Gasteiger partial charge < -0.3 is 9.57 Å². The number of fused-ring (bicyclic) bond motifs is 1. The molecule has 2 amide bonds. The summed E-state index contributed by atoms with van der Waals surface area (Å²) in [5.74, 6) is -1.48. The Morgan fingerprint density at radius 3 is 2.47 bits per heavy atom. The molecule has 2 unspecified atom stereocenters. The summed E-state index contributed by atoms with van der Waals surface area (Å²) in [6.45, 7) is 0. The van der Waals surface area contributed by atoms with Gasteiger partial charge in [-0.2, -0.15) is 0 Å². The number of amides is 2. The molecule has 0 bridgehead atoms. The number of aromatic nitrogens is 2. The lowest BCUT2D eigenvalue weighted by Crippen LogP contribution is -2.44. The van der Waals surface area contributed by atoms with E-state index in [0.717, 1.165) is 4.90 Å². The Morgan fingerprint density at radius 2 is 1.77 bits per heavy atom. The first-order chi connectivity index (χ1) is 14.6. The molecule has 2 aromatic carbocycles. The molecule has 0 aliphatic carbocycles. The fourth-order valence-electron chi connectivity index (χ4n) is 3.61. The molecule has 0 saturated carbocycles. The Labute approximate surface area is 168 Å². The van der Waals surface area contributed by atoms with Crippen molar-refractivity contribution in [3.05, 3.63) is 70.7 Å². The minimum atomic E-state index is -1.13. The topological polar surface area (TPSA) is 118 Å². The van der Waals surface area contributed by atoms with E-state index in [1.165, 1.54) is 4.68 Å². The SMILES string of the molecule is COc1ccc(-[n+]2[nH]oc(=O)c2C2=NOC3C(=O)N(c4ccccc4)C(=O)C23)cc1. The van der Waals surface area contributed by atoms with Gasteiger partial charge >= 0.3 is 11.3 Å². The van der Waals surface area contributed by atoms with Gasteiger partial charge in [-0.15, -0.1) is 0 Å². The average Bonchev–Trinajstić information content (AvgIpc) is 3.44. The van der Waals surface area contributed by atoms with Crippen LogP contribution in [0, 0.1) is 5.92 Å². The number of H-pyrrole nitrogens is 1. The van der Waals surface area contributed by atoms with Crippen LogP contribution < -0.4 is 19.9 Å². The second-order valence-corrected chi connectivity index (χ2v) is 6.69. The van der Waals surface area contributed by atoms with Crippen LogP contribution in [0.1, 0.15) is 5.69 Å². The summed E-state index contributed by atoms with van der Waals surface area (Å²) in [4.78, 5) is 44.7. The number of hydrogen-bond acceptors (Lipinski definition) is 7. The first-order valence-corrected chi connectivity index (χ1v) is 9.05. The number of para-hydroxylation sites is 1. The van der Waals surface area contributed by atoms with Crippen LogP contribution in [-0.2, 0) is 14.4 Å². The number of ether oxygens (including phenoxy) is 1. The van der Waals surface area contributed by atoms with Crippen LogP contribution in [0.4, 0.5) is 5.69 Å². The highest BCUT2D eigenvalue weighted by Gasteiger charge is 2.59. The highest BCUT2D eigenvalue weighted by atomic mass is 16.7. The van der Waals surface area contributed by atoms with E-state index in [-0.39, 0.29) is 11.4 Å². The monoisotopic (exact) mass is 407 g/mol. The van der Waals surface area contributed by atoms with Gasteiger partial charge in [-0.1, -0.05) is 23.4 Å². The van der Waals surface area contributed by atoms with Crippen molar-refractivity contribution in [2.45, 2.75) is 6.10 Å². The van der Waals surface area contributed by atoms with Crippen LogP contribution in [0.15, 0.2) is 69.1 Å². The quantitative estimate of drug-likeness (QED) is 0.498. The van der Waals surface area contributed by atoms with Crippen molar-refractivity contribution in [1.29, 1.82) is 0 Å². The molecular formula is C20H15N4O6+. The second-order valence-electron chi connectivity index (χ2n) is 6.69. The number of oxime groups is 1. The largest absolute Gasteiger partial charge is 0.497 e. The number of nitrogens with one attached hydrogen (secondary N) is 1. The number of anilines is 1. The maximum absolute atomic E-state index is 13.1. The van der Waals surface area contributed by atoms with E-state index in [0.29, 0.717) is 17.1 Å². The molecule has 0 radical (unpaired) electrons. The van der Waals surface area contributed by atoms with E-state index in [4.69, 9.17) is 14.1 Å². The van der Waals surface area contributed by atoms with Gasteiger partial charge in [0.05, 0.1) is 12.8 Å². The van der Waals surface area contributed by atoms with E-state index in [2.05, 4.69) is 10.4 Å². The zero-order chi connectivity index (χ0) is 20.8. The minimum absolute atomic E-state index is 0.0243. The standard InChI is InChI=1S/C20H14N4O6/c1-28-13-9-7-12(8-10-13)24-16(20(27)30-22-24)15-14-17(29-21-15)19(26)23(18(14)25)11-5-3-2-4-6-11/h2-10,14,17H,1H3/p+1. The van der Waals surface area contributed by atoms with Crippen molar-refractivity contribution in [2.75, 3.05) is 12.0 Å². The molecule has 0 spiro atoms. The lowest BCUT2D eigenvalue weighted by atomic mass is 9.97. The lowest BCUT2D eigenvalue weighted by Gasteiger charge is -2.14. The lowest BCUT2D eigenvalue weighted by molar-refractivity contribution is -0.671. The Hall–Kier alpha value is -4.21. The van der Waals surface area contributed by atoms with Gasteiger partial charge in [-0.3, -0.25) is 14.1 Å². The summed E-state index contributed by atoms with van der Waals surface area (Å²) in [5.41, 5.74) is 0.229. The first-order valence-electron chi connectivity index (χ1n) is 9.05. The van der Waals surface area contributed by atoms with Gasteiger partial charge in [0, 0.05) is 12.1 Å². The van der Waals surface area contributed by atoms with Crippen molar-refractivity contribution in [1.82, 2.24) is 5.27 Å². The molecule has 2 aliphatic heterocycles. The number of methoxy groups -OCH3 is 1. The van der Waals surface area contributed by atoms with Gasteiger partial charge in [-0.05, 0) is 34.2 Å². The zero-order valence-electron chi connectivity index (χ0n) is 15.6. The summed E-state index contributed by atoms with van der Waals surface area (Å²) in [7, 11) is 1.54. The second kappa shape index (κ2) is 6.69. The van der Waals surface area contributed by atoms with Crippen molar-refractivity contribution < 1.29 is 28.4 Å². The van der Waals surface area contributed by atoms with Crippen molar-refractivity contribution in [3.8, 4) is 11.4 Å². The molecule has 1 fully saturated rings. The third-order valence-electron chi connectivity index (χ3n) is 5.05. The predicted octanol–water partition coefficient (Wildman–Crippen LogP) is 0.546. The van der Waals surface area contributed by atoms with Crippen LogP contribution in [0.25, 0.3) is 5.69 Å². The molecule has 3 aromatic rings. The molecule has 1 saturated heterocycles. The zero-order valence-corrected chi connectivity index (χ0v) is 15.6. The highest BCUT2D eigenvalue weighted by Crippen LogP contribution is 2.34.